The summed E-state index contributed by atoms with van der Waals surface area (Å²) in [6.45, 7) is -0.509. The predicted octanol–water partition coefficient (Wildman–Crippen LogP) is 3.71. The van der Waals surface area contributed by atoms with E-state index in [4.69, 9.17) is 9.84 Å². The minimum atomic E-state index is -0.509. The molecule has 0 radical (unpaired) electrons. The Morgan fingerprint density at radius 2 is 1.86 bits per heavy atom. The molecule has 1 heterocycles. The van der Waals surface area contributed by atoms with Gasteiger partial charge in [0, 0.05) is 17.8 Å². The number of benzene rings is 1. The molecule has 0 amide bonds. The maximum Gasteiger partial charge on any atom is 0.219 e. The van der Waals surface area contributed by atoms with Crippen LogP contribution in [-0.4, -0.2) is 22.5 Å². The summed E-state index contributed by atoms with van der Waals surface area (Å²) in [5, 5.41) is 8.80. The first-order chi connectivity index (χ1) is 10.8. The van der Waals surface area contributed by atoms with E-state index < -0.39 is 6.61 Å². The summed E-state index contributed by atoms with van der Waals surface area (Å²) in [5.74, 6) is 1.51. The number of ether oxygens (including phenoxy) is 1. The minimum Gasteiger partial charge on any atom is -0.439 e. The maximum absolute atomic E-state index is 11.3. The van der Waals surface area contributed by atoms with E-state index in [0.29, 0.717) is 17.4 Å². The van der Waals surface area contributed by atoms with Gasteiger partial charge in [-0.1, -0.05) is 25.0 Å². The highest BCUT2D eigenvalue weighted by Gasteiger charge is 2.16. The topological polar surface area (TPSA) is 59.4 Å². The molecule has 114 valence electrons. The van der Waals surface area contributed by atoms with Crippen molar-refractivity contribution in [2.24, 2.45) is 0 Å². The van der Waals surface area contributed by atoms with Gasteiger partial charge in [0.05, 0.1) is 0 Å². The quantitative estimate of drug-likeness (QED) is 0.855. The summed E-state index contributed by atoms with van der Waals surface area (Å²) in [5.41, 5.74) is 1.76. The van der Waals surface area contributed by atoms with Crippen molar-refractivity contribution in [1.82, 2.24) is 4.98 Å². The first-order valence-electron chi connectivity index (χ1n) is 7.64. The molecule has 0 saturated heterocycles. The molecule has 1 saturated carbocycles. The third-order valence-electron chi connectivity index (χ3n) is 4.13. The first kappa shape index (κ1) is 14.7. The van der Waals surface area contributed by atoms with Crippen molar-refractivity contribution in [2.45, 2.75) is 31.6 Å². The number of nitrogens with zero attached hydrogens (tertiary/aromatic N) is 1. The van der Waals surface area contributed by atoms with Gasteiger partial charge >= 0.3 is 0 Å². The van der Waals surface area contributed by atoms with Gasteiger partial charge in [-0.25, -0.2) is 4.98 Å². The summed E-state index contributed by atoms with van der Waals surface area (Å²) in [6, 6.07) is 11.4. The van der Waals surface area contributed by atoms with Crippen LogP contribution >= 0.6 is 0 Å². The zero-order valence-corrected chi connectivity index (χ0v) is 12.4. The zero-order chi connectivity index (χ0) is 15.4. The number of aliphatic hydroxyl groups is 1. The van der Waals surface area contributed by atoms with Gasteiger partial charge in [-0.05, 0) is 42.5 Å². The van der Waals surface area contributed by atoms with Crippen molar-refractivity contribution >= 4 is 5.78 Å². The highest BCUT2D eigenvalue weighted by atomic mass is 16.5. The average Bonchev–Trinajstić information content (AvgIpc) is 3.10. The second-order valence-electron chi connectivity index (χ2n) is 5.62. The Kier molecular flexibility index (Phi) is 4.49. The van der Waals surface area contributed by atoms with Crippen LogP contribution in [0, 0.1) is 0 Å². The monoisotopic (exact) mass is 297 g/mol. The Morgan fingerprint density at radius 3 is 2.45 bits per heavy atom. The lowest BCUT2D eigenvalue weighted by molar-refractivity contribution is 0.0903. The number of aromatic nitrogens is 1. The van der Waals surface area contributed by atoms with Crippen molar-refractivity contribution in [2.75, 3.05) is 6.61 Å². The molecule has 1 aromatic carbocycles. The van der Waals surface area contributed by atoms with E-state index in [9.17, 15) is 4.79 Å². The number of ketones is 1. The molecule has 0 spiro atoms. The fourth-order valence-corrected chi connectivity index (χ4v) is 2.88. The van der Waals surface area contributed by atoms with Gasteiger partial charge in [-0.2, -0.15) is 0 Å². The number of pyridine rings is 1. The number of hydrogen-bond donors (Lipinski definition) is 1. The summed E-state index contributed by atoms with van der Waals surface area (Å²) in [4.78, 5) is 15.4. The van der Waals surface area contributed by atoms with Crippen LogP contribution in [0.25, 0.3) is 0 Å². The predicted molar refractivity (Wildman–Crippen MR) is 83.4 cm³/mol. The molecule has 1 aliphatic rings. The zero-order valence-electron chi connectivity index (χ0n) is 12.4. The molecule has 2 aromatic rings. The molecule has 1 fully saturated rings. The van der Waals surface area contributed by atoms with Crippen molar-refractivity contribution < 1.29 is 14.6 Å². The van der Waals surface area contributed by atoms with Crippen LogP contribution in [0.4, 0.5) is 0 Å². The molecule has 3 rings (SSSR count). The van der Waals surface area contributed by atoms with Crippen LogP contribution < -0.4 is 4.74 Å². The molecule has 4 heteroatoms. The highest BCUT2D eigenvalue weighted by molar-refractivity contribution is 5.96. The number of aliphatic hydroxyl groups excluding tert-OH is 1. The van der Waals surface area contributed by atoms with Gasteiger partial charge in [0.1, 0.15) is 12.4 Å². The summed E-state index contributed by atoms with van der Waals surface area (Å²) in [6.07, 6.45) is 6.63. The normalized spacial score (nSPS) is 15.0. The van der Waals surface area contributed by atoms with Crippen molar-refractivity contribution in [3.63, 3.8) is 0 Å². The van der Waals surface area contributed by atoms with Crippen LogP contribution in [0.15, 0.2) is 42.6 Å². The fraction of sp³-hybridized carbons (Fsp3) is 0.333. The van der Waals surface area contributed by atoms with Gasteiger partial charge in [0.15, 0.2) is 5.78 Å². The second kappa shape index (κ2) is 6.71. The third-order valence-corrected chi connectivity index (χ3v) is 4.13. The molecule has 0 bridgehead atoms. The lowest BCUT2D eigenvalue weighted by Crippen LogP contribution is -2.04. The summed E-state index contributed by atoms with van der Waals surface area (Å²) < 4.78 is 5.68. The van der Waals surface area contributed by atoms with Gasteiger partial charge in [0.25, 0.3) is 0 Å². The van der Waals surface area contributed by atoms with Crippen LogP contribution in [0.5, 0.6) is 11.6 Å². The Hall–Kier alpha value is -2.20. The average molecular weight is 297 g/mol. The lowest BCUT2D eigenvalue weighted by atomic mass is 9.98. The fourth-order valence-electron chi connectivity index (χ4n) is 2.88. The van der Waals surface area contributed by atoms with Crippen LogP contribution in [-0.2, 0) is 0 Å². The molecule has 1 N–H and O–H groups in total. The summed E-state index contributed by atoms with van der Waals surface area (Å²) >= 11 is 0. The van der Waals surface area contributed by atoms with E-state index >= 15 is 0 Å². The number of carbonyl (C=O) groups is 1. The molecule has 1 aliphatic carbocycles. The SMILES string of the molecule is O=C(CO)c1ccc(Oc2ccc(C3CCCC3)cc2)nc1. The molecule has 1 aromatic heterocycles. The van der Waals surface area contributed by atoms with Gasteiger partial charge < -0.3 is 9.84 Å². The molecular formula is C18H19NO3. The number of carbonyl (C=O) groups excluding carboxylic acids is 1. The number of Topliss-reactive ketones (excluding diaryl/α,β-unsaturated/α-hetero) is 1. The van der Waals surface area contributed by atoms with E-state index in [2.05, 4.69) is 17.1 Å². The molecule has 4 nitrogen and oxygen atoms in total. The molecule has 0 atom stereocenters. The van der Waals surface area contributed by atoms with E-state index in [1.54, 1.807) is 12.1 Å². The highest BCUT2D eigenvalue weighted by Crippen LogP contribution is 2.34. The Bertz CT molecular complexity index is 628. The number of rotatable bonds is 5. The largest absolute Gasteiger partial charge is 0.439 e. The van der Waals surface area contributed by atoms with E-state index in [-0.39, 0.29) is 5.78 Å². The van der Waals surface area contributed by atoms with E-state index in [1.807, 2.05) is 12.1 Å². The molecule has 0 aliphatic heterocycles. The first-order valence-corrected chi connectivity index (χ1v) is 7.64. The smallest absolute Gasteiger partial charge is 0.219 e. The molecule has 0 unspecified atom stereocenters. The van der Waals surface area contributed by atoms with Crippen molar-refractivity contribution in [1.29, 1.82) is 0 Å². The van der Waals surface area contributed by atoms with E-state index in [1.165, 1.54) is 37.4 Å². The number of hydrogen-bond acceptors (Lipinski definition) is 4. The third kappa shape index (κ3) is 3.34. The van der Waals surface area contributed by atoms with E-state index in [0.717, 1.165) is 5.75 Å². The Balaban J connectivity index is 1.66. The molecule has 22 heavy (non-hydrogen) atoms. The summed E-state index contributed by atoms with van der Waals surface area (Å²) in [7, 11) is 0. The Labute approximate surface area is 129 Å². The lowest BCUT2D eigenvalue weighted by Gasteiger charge is -2.10. The van der Waals surface area contributed by atoms with Gasteiger partial charge in [-0.15, -0.1) is 0 Å². The maximum atomic E-state index is 11.3. The molecular weight excluding hydrogens is 278 g/mol. The van der Waals surface area contributed by atoms with Crippen molar-refractivity contribution in [3.05, 3.63) is 53.7 Å². The van der Waals surface area contributed by atoms with Crippen LogP contribution in [0.1, 0.15) is 47.5 Å². The van der Waals surface area contributed by atoms with Crippen molar-refractivity contribution in [3.8, 4) is 11.6 Å². The minimum absolute atomic E-state index is 0.347. The van der Waals surface area contributed by atoms with Crippen LogP contribution in [0.2, 0.25) is 0 Å². The standard InChI is InChI=1S/C18H19NO3/c20-12-17(21)15-7-10-18(19-11-15)22-16-8-5-14(6-9-16)13-3-1-2-4-13/h5-11,13,20H,1-4,12H2. The van der Waals surface area contributed by atoms with Crippen LogP contribution in [0.3, 0.4) is 0 Å². The van der Waals surface area contributed by atoms with Gasteiger partial charge in [0.2, 0.25) is 5.88 Å². The Morgan fingerprint density at radius 1 is 1.14 bits per heavy atom. The second-order valence-corrected chi connectivity index (χ2v) is 5.62. The van der Waals surface area contributed by atoms with Gasteiger partial charge in [-0.3, -0.25) is 4.79 Å².